The van der Waals surface area contributed by atoms with Gasteiger partial charge in [0.05, 0.1) is 18.4 Å². The van der Waals surface area contributed by atoms with E-state index in [-0.39, 0.29) is 17.0 Å². The third kappa shape index (κ3) is 4.56. The van der Waals surface area contributed by atoms with Crippen molar-refractivity contribution >= 4 is 22.0 Å². The maximum Gasteiger partial charge on any atom is 0.419 e. The van der Waals surface area contributed by atoms with Crippen LogP contribution in [0.1, 0.15) is 26.3 Å². The van der Waals surface area contributed by atoms with Gasteiger partial charge >= 0.3 is 12.3 Å². The summed E-state index contributed by atoms with van der Waals surface area (Å²) in [7, 11) is 1.17. The molecule has 0 unspecified atom stereocenters. The molecule has 0 aliphatic heterocycles. The van der Waals surface area contributed by atoms with Gasteiger partial charge in [-0.05, 0) is 66.5 Å². The number of carbonyl (C=O) groups excluding carboxylic acids is 1. The van der Waals surface area contributed by atoms with E-state index in [2.05, 4.69) is 15.9 Å². The van der Waals surface area contributed by atoms with Crippen LogP contribution in [0, 0.1) is 0 Å². The van der Waals surface area contributed by atoms with E-state index in [4.69, 9.17) is 9.47 Å². The van der Waals surface area contributed by atoms with Crippen molar-refractivity contribution in [2.45, 2.75) is 32.5 Å². The number of hydrogen-bond donors (Lipinski definition) is 0. The van der Waals surface area contributed by atoms with Gasteiger partial charge in [0.2, 0.25) is 0 Å². The summed E-state index contributed by atoms with van der Waals surface area (Å²) in [6.07, 6.45) is -3.82. The lowest BCUT2D eigenvalue weighted by molar-refractivity contribution is -0.138. The SMILES string of the molecule is COc1ccc(-c2cc(Br)cn2C(=O)OC(C)(C)C)cc1C(F)(F)F. The molecule has 0 saturated heterocycles. The standard InChI is InChI=1S/C17H17BrF3NO3/c1-16(2,3)25-15(23)22-9-11(18)8-13(22)10-5-6-14(24-4)12(7-10)17(19,20)21/h5-9H,1-4H3. The van der Waals surface area contributed by atoms with E-state index in [1.54, 1.807) is 26.8 Å². The second-order valence-electron chi connectivity index (χ2n) is 6.31. The minimum atomic E-state index is -4.58. The van der Waals surface area contributed by atoms with E-state index in [1.807, 2.05) is 0 Å². The van der Waals surface area contributed by atoms with Crippen LogP contribution in [0.25, 0.3) is 11.3 Å². The van der Waals surface area contributed by atoms with Crippen LogP contribution < -0.4 is 4.74 Å². The van der Waals surface area contributed by atoms with Gasteiger partial charge in [-0.25, -0.2) is 4.79 Å². The molecular weight excluding hydrogens is 403 g/mol. The Morgan fingerprint density at radius 1 is 1.16 bits per heavy atom. The Kier molecular flexibility index (Phi) is 5.22. The van der Waals surface area contributed by atoms with Gasteiger partial charge in [-0.15, -0.1) is 0 Å². The Balaban J connectivity index is 2.55. The van der Waals surface area contributed by atoms with Gasteiger partial charge in [-0.2, -0.15) is 13.2 Å². The molecule has 25 heavy (non-hydrogen) atoms. The second-order valence-corrected chi connectivity index (χ2v) is 7.22. The molecule has 0 atom stereocenters. The van der Waals surface area contributed by atoms with Crippen LogP contribution in [0.4, 0.5) is 18.0 Å². The van der Waals surface area contributed by atoms with Gasteiger partial charge in [-0.3, -0.25) is 4.57 Å². The predicted molar refractivity (Wildman–Crippen MR) is 90.8 cm³/mol. The third-order valence-corrected chi connectivity index (χ3v) is 3.61. The summed E-state index contributed by atoms with van der Waals surface area (Å²) in [6.45, 7) is 5.12. The van der Waals surface area contributed by atoms with Gasteiger partial charge in [-0.1, -0.05) is 0 Å². The molecule has 1 aromatic heterocycles. The number of aromatic nitrogens is 1. The van der Waals surface area contributed by atoms with Crippen molar-refractivity contribution in [3.8, 4) is 17.0 Å². The van der Waals surface area contributed by atoms with Crippen LogP contribution >= 0.6 is 15.9 Å². The number of methoxy groups -OCH3 is 1. The van der Waals surface area contributed by atoms with Crippen molar-refractivity contribution < 1.29 is 27.4 Å². The number of nitrogens with zero attached hydrogens (tertiary/aromatic N) is 1. The summed E-state index contributed by atoms with van der Waals surface area (Å²) in [5, 5.41) is 0. The average Bonchev–Trinajstić information content (AvgIpc) is 2.86. The van der Waals surface area contributed by atoms with E-state index in [0.717, 1.165) is 10.6 Å². The highest BCUT2D eigenvalue weighted by molar-refractivity contribution is 9.10. The fraction of sp³-hybridized carbons (Fsp3) is 0.353. The summed E-state index contributed by atoms with van der Waals surface area (Å²) in [5.41, 5.74) is -1.16. The van der Waals surface area contributed by atoms with Gasteiger partial charge in [0.25, 0.3) is 0 Å². The number of carbonyl (C=O) groups is 1. The quantitative estimate of drug-likeness (QED) is 0.623. The summed E-state index contributed by atoms with van der Waals surface area (Å²) in [6, 6.07) is 5.17. The monoisotopic (exact) mass is 419 g/mol. The minimum Gasteiger partial charge on any atom is -0.496 e. The maximum absolute atomic E-state index is 13.2. The largest absolute Gasteiger partial charge is 0.496 e. The van der Waals surface area contributed by atoms with Gasteiger partial charge in [0, 0.05) is 10.7 Å². The van der Waals surface area contributed by atoms with E-state index in [0.29, 0.717) is 4.47 Å². The molecule has 136 valence electrons. The highest BCUT2D eigenvalue weighted by atomic mass is 79.9. The summed E-state index contributed by atoms with van der Waals surface area (Å²) < 4.78 is 51.5. The molecule has 0 aliphatic carbocycles. The minimum absolute atomic E-state index is 0.213. The third-order valence-electron chi connectivity index (χ3n) is 3.18. The Morgan fingerprint density at radius 3 is 2.32 bits per heavy atom. The molecule has 1 heterocycles. The predicted octanol–water partition coefficient (Wildman–Crippen LogP) is 5.73. The first-order chi connectivity index (χ1) is 11.4. The summed E-state index contributed by atoms with van der Waals surface area (Å²) >= 11 is 3.24. The van der Waals surface area contributed by atoms with Gasteiger partial charge in [0.15, 0.2) is 0 Å². The topological polar surface area (TPSA) is 40.5 Å². The highest BCUT2D eigenvalue weighted by Gasteiger charge is 2.35. The Hall–Kier alpha value is -1.96. The first kappa shape index (κ1) is 19.4. The van der Waals surface area contributed by atoms with Crippen molar-refractivity contribution in [3.63, 3.8) is 0 Å². The van der Waals surface area contributed by atoms with Crippen molar-refractivity contribution in [2.75, 3.05) is 7.11 Å². The zero-order valence-electron chi connectivity index (χ0n) is 14.1. The first-order valence-electron chi connectivity index (χ1n) is 7.29. The zero-order valence-corrected chi connectivity index (χ0v) is 15.7. The van der Waals surface area contributed by atoms with Gasteiger partial charge < -0.3 is 9.47 Å². The Bertz CT molecular complexity index is 791. The lowest BCUT2D eigenvalue weighted by Crippen LogP contribution is -2.27. The summed E-state index contributed by atoms with van der Waals surface area (Å²) in [4.78, 5) is 12.3. The number of ether oxygens (including phenoxy) is 2. The van der Waals surface area contributed by atoms with Crippen molar-refractivity contribution in [1.82, 2.24) is 4.57 Å². The normalized spacial score (nSPS) is 12.2. The van der Waals surface area contributed by atoms with Crippen LogP contribution in [0.5, 0.6) is 5.75 Å². The second kappa shape index (κ2) is 6.74. The molecular formula is C17H17BrF3NO3. The van der Waals surface area contributed by atoms with E-state index in [9.17, 15) is 18.0 Å². The van der Waals surface area contributed by atoms with Crippen LogP contribution in [-0.2, 0) is 10.9 Å². The number of benzene rings is 1. The Morgan fingerprint density at radius 2 is 1.80 bits per heavy atom. The zero-order chi connectivity index (χ0) is 19.0. The smallest absolute Gasteiger partial charge is 0.419 e. The summed E-state index contributed by atoms with van der Waals surface area (Å²) in [5.74, 6) is -0.286. The molecule has 0 N–H and O–H groups in total. The number of halogens is 4. The van der Waals surface area contributed by atoms with Crippen LogP contribution in [0.15, 0.2) is 34.9 Å². The van der Waals surface area contributed by atoms with E-state index in [1.165, 1.54) is 25.4 Å². The van der Waals surface area contributed by atoms with Crippen molar-refractivity contribution in [2.24, 2.45) is 0 Å². The first-order valence-corrected chi connectivity index (χ1v) is 8.08. The molecule has 0 fully saturated rings. The lowest BCUT2D eigenvalue weighted by Gasteiger charge is -2.20. The van der Waals surface area contributed by atoms with E-state index < -0.39 is 23.4 Å². The van der Waals surface area contributed by atoms with Gasteiger partial charge in [0.1, 0.15) is 11.4 Å². The molecule has 4 nitrogen and oxygen atoms in total. The average molecular weight is 420 g/mol. The number of hydrogen-bond acceptors (Lipinski definition) is 3. The van der Waals surface area contributed by atoms with Crippen LogP contribution in [-0.4, -0.2) is 23.4 Å². The number of rotatable bonds is 2. The maximum atomic E-state index is 13.2. The molecule has 2 aromatic rings. The molecule has 0 spiro atoms. The van der Waals surface area contributed by atoms with Crippen molar-refractivity contribution in [3.05, 3.63) is 40.5 Å². The van der Waals surface area contributed by atoms with E-state index >= 15 is 0 Å². The fourth-order valence-corrected chi connectivity index (χ4v) is 2.63. The molecule has 1 aromatic carbocycles. The van der Waals surface area contributed by atoms with Crippen molar-refractivity contribution in [1.29, 1.82) is 0 Å². The molecule has 2 rings (SSSR count). The molecule has 0 saturated carbocycles. The van der Waals surface area contributed by atoms with Crippen LogP contribution in [0.2, 0.25) is 0 Å². The molecule has 0 amide bonds. The molecule has 0 radical (unpaired) electrons. The fourth-order valence-electron chi connectivity index (χ4n) is 2.20. The lowest BCUT2D eigenvalue weighted by atomic mass is 10.1. The molecule has 8 heteroatoms. The highest BCUT2D eigenvalue weighted by Crippen LogP contribution is 2.39. The Labute approximate surface area is 151 Å². The molecule has 0 aliphatic rings. The molecule has 0 bridgehead atoms. The van der Waals surface area contributed by atoms with Crippen LogP contribution in [0.3, 0.4) is 0 Å². The number of alkyl halides is 3.